The van der Waals surface area contributed by atoms with Gasteiger partial charge in [0.1, 0.15) is 12.1 Å². The molecule has 5 nitrogen and oxygen atoms in total. The van der Waals surface area contributed by atoms with Gasteiger partial charge in [-0.1, -0.05) is 24.3 Å². The number of hydrogen-bond donors (Lipinski definition) is 1. The van der Waals surface area contributed by atoms with Crippen LogP contribution >= 0.6 is 0 Å². The highest BCUT2D eigenvalue weighted by Crippen LogP contribution is 2.24. The molecule has 1 saturated heterocycles. The minimum absolute atomic E-state index is 0.147. The van der Waals surface area contributed by atoms with E-state index >= 15 is 0 Å². The molecule has 0 radical (unpaired) electrons. The standard InChI is InChI=1S/C17H18N4O/c18-9-15-5-6-16(10-19)21(15)17(22)11-20-14-7-12-3-1-2-4-13(12)8-14/h1-4,14-16,20H,5-8,11H2/t15-,16+. The molecule has 0 unspecified atom stereocenters. The van der Waals surface area contributed by atoms with Crippen LogP contribution in [0.25, 0.3) is 0 Å². The van der Waals surface area contributed by atoms with Gasteiger partial charge < -0.3 is 10.2 Å². The molecule has 3 rings (SSSR count). The molecular weight excluding hydrogens is 276 g/mol. The third kappa shape index (κ3) is 2.68. The molecule has 1 aliphatic carbocycles. The fourth-order valence-electron chi connectivity index (χ4n) is 3.44. The zero-order valence-corrected chi connectivity index (χ0v) is 12.3. The van der Waals surface area contributed by atoms with E-state index in [4.69, 9.17) is 10.5 Å². The van der Waals surface area contributed by atoms with Gasteiger partial charge in [-0.05, 0) is 36.8 Å². The van der Waals surface area contributed by atoms with Crippen molar-refractivity contribution in [1.29, 1.82) is 10.5 Å². The Kier molecular flexibility index (Phi) is 4.09. The van der Waals surface area contributed by atoms with E-state index in [1.165, 1.54) is 16.0 Å². The van der Waals surface area contributed by atoms with Crippen molar-refractivity contribution >= 4 is 5.91 Å². The SMILES string of the molecule is N#C[C@@H]1CC[C@H](C#N)N1C(=O)CNC1Cc2ccccc2C1. The first-order valence-electron chi connectivity index (χ1n) is 7.63. The maximum atomic E-state index is 12.4. The molecule has 2 atom stereocenters. The van der Waals surface area contributed by atoms with Gasteiger partial charge in [-0.2, -0.15) is 10.5 Å². The first-order chi connectivity index (χ1) is 10.7. The average molecular weight is 294 g/mol. The predicted octanol–water partition coefficient (Wildman–Crippen LogP) is 1.15. The third-order valence-corrected chi connectivity index (χ3v) is 4.56. The van der Waals surface area contributed by atoms with E-state index < -0.39 is 12.1 Å². The lowest BCUT2D eigenvalue weighted by atomic mass is 10.1. The number of rotatable bonds is 3. The molecular formula is C17H18N4O. The van der Waals surface area contributed by atoms with Crippen LogP contribution < -0.4 is 5.32 Å². The van der Waals surface area contributed by atoms with Gasteiger partial charge in [0.05, 0.1) is 18.7 Å². The van der Waals surface area contributed by atoms with E-state index in [2.05, 4.69) is 29.6 Å². The molecule has 1 aromatic carbocycles. The Morgan fingerprint density at radius 1 is 1.14 bits per heavy atom. The summed E-state index contributed by atoms with van der Waals surface area (Å²) in [5.74, 6) is -0.147. The van der Waals surface area contributed by atoms with Crippen LogP contribution in [0.5, 0.6) is 0 Å². The van der Waals surface area contributed by atoms with Crippen LogP contribution in [-0.4, -0.2) is 35.5 Å². The highest BCUT2D eigenvalue weighted by molar-refractivity contribution is 5.80. The van der Waals surface area contributed by atoms with Crippen molar-refractivity contribution in [2.45, 2.75) is 43.8 Å². The Hall–Kier alpha value is -2.37. The zero-order valence-electron chi connectivity index (χ0n) is 12.3. The lowest BCUT2D eigenvalue weighted by Crippen LogP contribution is -2.46. The summed E-state index contributed by atoms with van der Waals surface area (Å²) in [6.07, 6.45) is 3.03. The van der Waals surface area contributed by atoms with E-state index in [9.17, 15) is 4.79 Å². The molecule has 5 heteroatoms. The lowest BCUT2D eigenvalue weighted by Gasteiger charge is -2.24. The number of hydrogen-bond acceptors (Lipinski definition) is 4. The molecule has 0 aromatic heterocycles. The summed E-state index contributed by atoms with van der Waals surface area (Å²) in [7, 11) is 0. The monoisotopic (exact) mass is 294 g/mol. The molecule has 2 aliphatic rings. The second-order valence-electron chi connectivity index (χ2n) is 5.92. The summed E-state index contributed by atoms with van der Waals surface area (Å²) >= 11 is 0. The largest absolute Gasteiger partial charge is 0.310 e. The Morgan fingerprint density at radius 2 is 1.68 bits per heavy atom. The molecule has 0 spiro atoms. The predicted molar refractivity (Wildman–Crippen MR) is 80.5 cm³/mol. The Morgan fingerprint density at radius 3 is 2.18 bits per heavy atom. The highest BCUT2D eigenvalue weighted by atomic mass is 16.2. The van der Waals surface area contributed by atoms with E-state index in [-0.39, 0.29) is 18.5 Å². The minimum atomic E-state index is -0.459. The number of benzene rings is 1. The van der Waals surface area contributed by atoms with Gasteiger partial charge in [0.2, 0.25) is 5.91 Å². The van der Waals surface area contributed by atoms with Crippen molar-refractivity contribution in [3.63, 3.8) is 0 Å². The molecule has 0 bridgehead atoms. The smallest absolute Gasteiger partial charge is 0.238 e. The number of nitrogens with zero attached hydrogens (tertiary/aromatic N) is 3. The van der Waals surface area contributed by atoms with Crippen LogP contribution in [-0.2, 0) is 17.6 Å². The molecule has 1 amide bonds. The summed E-state index contributed by atoms with van der Waals surface area (Å²) in [4.78, 5) is 13.8. The van der Waals surface area contributed by atoms with Crippen LogP contribution in [0, 0.1) is 22.7 Å². The second-order valence-corrected chi connectivity index (χ2v) is 5.92. The maximum absolute atomic E-state index is 12.4. The number of nitriles is 2. The first kappa shape index (κ1) is 14.6. The van der Waals surface area contributed by atoms with Crippen LogP contribution in [0.15, 0.2) is 24.3 Å². The highest BCUT2D eigenvalue weighted by Gasteiger charge is 2.37. The maximum Gasteiger partial charge on any atom is 0.238 e. The van der Waals surface area contributed by atoms with E-state index in [0.717, 1.165) is 12.8 Å². The molecule has 1 aromatic rings. The van der Waals surface area contributed by atoms with Gasteiger partial charge in [0, 0.05) is 6.04 Å². The van der Waals surface area contributed by atoms with Crippen LogP contribution in [0.1, 0.15) is 24.0 Å². The zero-order chi connectivity index (χ0) is 15.5. The fraction of sp³-hybridized carbons (Fsp3) is 0.471. The minimum Gasteiger partial charge on any atom is -0.310 e. The molecule has 0 saturated carbocycles. The van der Waals surface area contributed by atoms with Crippen molar-refractivity contribution in [2.24, 2.45) is 0 Å². The van der Waals surface area contributed by atoms with E-state index in [1.807, 2.05) is 12.1 Å². The van der Waals surface area contributed by atoms with Crippen LogP contribution in [0.4, 0.5) is 0 Å². The second kappa shape index (κ2) is 6.17. The van der Waals surface area contributed by atoms with Gasteiger partial charge in [-0.3, -0.25) is 4.79 Å². The van der Waals surface area contributed by atoms with Gasteiger partial charge in [-0.15, -0.1) is 0 Å². The van der Waals surface area contributed by atoms with Crippen molar-refractivity contribution in [1.82, 2.24) is 10.2 Å². The van der Waals surface area contributed by atoms with Crippen LogP contribution in [0.3, 0.4) is 0 Å². The Bertz CT molecular complexity index is 610. The molecule has 1 fully saturated rings. The topological polar surface area (TPSA) is 79.9 Å². The number of nitrogens with one attached hydrogen (secondary N) is 1. The van der Waals surface area contributed by atoms with Crippen molar-refractivity contribution in [2.75, 3.05) is 6.54 Å². The summed E-state index contributed by atoms with van der Waals surface area (Å²) in [5.41, 5.74) is 2.66. The van der Waals surface area contributed by atoms with E-state index in [1.54, 1.807) is 0 Å². The van der Waals surface area contributed by atoms with Gasteiger partial charge in [0.15, 0.2) is 0 Å². The number of amides is 1. The van der Waals surface area contributed by atoms with Crippen molar-refractivity contribution < 1.29 is 4.79 Å². The lowest BCUT2D eigenvalue weighted by molar-refractivity contribution is -0.131. The fourth-order valence-corrected chi connectivity index (χ4v) is 3.44. The average Bonchev–Trinajstić information content (AvgIpc) is 3.15. The summed E-state index contributed by atoms with van der Waals surface area (Å²) in [6, 6.07) is 11.9. The normalized spacial score (nSPS) is 23.8. The number of carbonyl (C=O) groups excluding carboxylic acids is 1. The summed E-state index contributed by atoms with van der Waals surface area (Å²) in [5, 5.41) is 21.5. The molecule has 112 valence electrons. The Labute approximate surface area is 130 Å². The summed E-state index contributed by atoms with van der Waals surface area (Å²) < 4.78 is 0. The number of fused-ring (bicyclic) bond motifs is 1. The number of likely N-dealkylation sites (tertiary alicyclic amines) is 1. The Balaban J connectivity index is 1.57. The van der Waals surface area contributed by atoms with Gasteiger partial charge >= 0.3 is 0 Å². The van der Waals surface area contributed by atoms with Crippen LogP contribution in [0.2, 0.25) is 0 Å². The summed E-state index contributed by atoms with van der Waals surface area (Å²) in [6.45, 7) is 0.189. The van der Waals surface area contributed by atoms with Crippen molar-refractivity contribution in [3.05, 3.63) is 35.4 Å². The van der Waals surface area contributed by atoms with Gasteiger partial charge in [0.25, 0.3) is 0 Å². The van der Waals surface area contributed by atoms with Gasteiger partial charge in [-0.25, -0.2) is 0 Å². The molecule has 1 N–H and O–H groups in total. The molecule has 22 heavy (non-hydrogen) atoms. The molecule has 1 heterocycles. The number of carbonyl (C=O) groups is 1. The quantitative estimate of drug-likeness (QED) is 0.907. The first-order valence-corrected chi connectivity index (χ1v) is 7.63. The van der Waals surface area contributed by atoms with Crippen molar-refractivity contribution in [3.8, 4) is 12.1 Å². The molecule has 1 aliphatic heterocycles. The van der Waals surface area contributed by atoms with E-state index in [0.29, 0.717) is 12.8 Å². The third-order valence-electron chi connectivity index (χ3n) is 4.56.